The highest BCUT2D eigenvalue weighted by Gasteiger charge is 2.26. The minimum Gasteiger partial charge on any atom is -0.458 e. The van der Waals surface area contributed by atoms with E-state index in [1.165, 1.54) is 18.3 Å². The number of imidazole rings is 1. The normalized spacial score (nSPS) is 16.7. The van der Waals surface area contributed by atoms with Crippen LogP contribution in [0.3, 0.4) is 0 Å². The Hall–Kier alpha value is -9.58. The third-order valence-electron chi connectivity index (χ3n) is 12.9. The van der Waals surface area contributed by atoms with Crippen molar-refractivity contribution in [2.24, 2.45) is 0 Å². The van der Waals surface area contributed by atoms with Crippen LogP contribution in [-0.2, 0) is 5.41 Å². The second kappa shape index (κ2) is 19.0. The molecule has 364 valence electrons. The molecule has 13 aromatic rings. The predicted octanol–water partition coefficient (Wildman–Crippen LogP) is 17.9. The highest BCUT2D eigenvalue weighted by molar-refractivity contribution is 6.09. The van der Waals surface area contributed by atoms with Gasteiger partial charge in [0.25, 0.3) is 6.33 Å². The number of aryl methyl sites for hydroxylation is 1. The molecule has 0 aliphatic rings. The van der Waals surface area contributed by atoms with Gasteiger partial charge in [0.15, 0.2) is 0 Å². The van der Waals surface area contributed by atoms with Crippen molar-refractivity contribution in [3.05, 3.63) is 272 Å². The summed E-state index contributed by atoms with van der Waals surface area (Å²) in [4.78, 5) is 4.70. The molecular weight excluding hydrogens is 925 g/mol. The Kier molecular flexibility index (Phi) is 6.53. The Balaban J connectivity index is 1.04. The summed E-state index contributed by atoms with van der Waals surface area (Å²) in [6, 6.07) is 13.8. The Morgan fingerprint density at radius 2 is 1.13 bits per heavy atom. The predicted molar refractivity (Wildman–Crippen MR) is 313 cm³/mol. The van der Waals surface area contributed by atoms with E-state index in [0.717, 1.165) is 5.39 Å². The lowest BCUT2D eigenvalue weighted by Gasteiger charge is -2.26. The quantitative estimate of drug-likeness (QED) is 0.101. The molecule has 0 unspecified atom stereocenters. The number of aromatic nitrogens is 4. The SMILES string of the molecule is [2H]c1c([2H])c([2H])c(-c2ccc3c(c2)n(-c2cccc(Oc4ccc5c6ccccc6n(-c6cc(C([2H])([2H])[2H])c(-c7c([2H])c([2H])c([2H])c([2H])c7[2H])cn6)c5c4)c2)[c-][n+]3-c2c(-c3c([2H])c(-c4c([2H])c([2H])c([2H])c([2H])c4[2H])c([2H])c(-c4c([2H])c([2H])c([2H])c([2H])c4[2H])c3[2H])cccc2C(C)(C)C)c([2H])c1[2H]. The van der Waals surface area contributed by atoms with E-state index < -0.39 is 173 Å². The summed E-state index contributed by atoms with van der Waals surface area (Å²) >= 11 is 0. The third-order valence-corrected chi connectivity index (χ3v) is 12.9. The van der Waals surface area contributed by atoms with Crippen LogP contribution in [-0.4, -0.2) is 14.1 Å². The van der Waals surface area contributed by atoms with E-state index >= 15 is 0 Å². The molecule has 0 N–H and O–H groups in total. The van der Waals surface area contributed by atoms with Crippen LogP contribution in [0.15, 0.2) is 254 Å². The largest absolute Gasteiger partial charge is 0.458 e. The summed E-state index contributed by atoms with van der Waals surface area (Å²) in [5.41, 5.74) is -1.82. The van der Waals surface area contributed by atoms with Gasteiger partial charge in [-0.3, -0.25) is 13.7 Å². The van der Waals surface area contributed by atoms with Gasteiger partial charge in [0.05, 0.1) is 65.0 Å². The van der Waals surface area contributed by atoms with Crippen LogP contribution in [0.25, 0.3) is 106 Å². The van der Waals surface area contributed by atoms with Crippen molar-refractivity contribution in [3.63, 3.8) is 0 Å². The van der Waals surface area contributed by atoms with Crippen molar-refractivity contribution in [2.45, 2.75) is 33.0 Å². The number of benzene rings is 10. The molecule has 5 heteroatoms. The van der Waals surface area contributed by atoms with Gasteiger partial charge in [-0.05, 0) is 140 Å². The number of fused-ring (bicyclic) bond motifs is 4. The van der Waals surface area contributed by atoms with Crippen molar-refractivity contribution in [3.8, 4) is 84.3 Å². The maximum Gasteiger partial charge on any atom is 0.269 e. The van der Waals surface area contributed by atoms with E-state index in [-0.39, 0.29) is 67.5 Å². The molecule has 3 heterocycles. The average molecular weight is 1010 g/mol. The first-order valence-corrected chi connectivity index (χ1v) is 23.9. The number of pyridine rings is 1. The zero-order valence-electron chi connectivity index (χ0n) is 66.7. The lowest BCUT2D eigenvalue weighted by molar-refractivity contribution is -0.572. The van der Waals surface area contributed by atoms with Crippen molar-refractivity contribution >= 4 is 32.8 Å². The average Bonchev–Trinajstić information content (AvgIpc) is 1.29. The molecular formula is C71H54N4O. The minimum atomic E-state index is -2.88. The summed E-state index contributed by atoms with van der Waals surface area (Å²) < 4.78 is 242. The summed E-state index contributed by atoms with van der Waals surface area (Å²) in [6.45, 7) is 2.76. The van der Waals surface area contributed by atoms with Gasteiger partial charge in [0.1, 0.15) is 17.3 Å². The van der Waals surface area contributed by atoms with Gasteiger partial charge in [0, 0.05) is 32.7 Å². The van der Waals surface area contributed by atoms with Gasteiger partial charge < -0.3 is 4.74 Å². The number of hydrogen-bond donors (Lipinski definition) is 0. The van der Waals surface area contributed by atoms with Crippen LogP contribution in [0.4, 0.5) is 0 Å². The van der Waals surface area contributed by atoms with Crippen molar-refractivity contribution in [1.82, 2.24) is 14.1 Å². The molecule has 0 amide bonds. The fourth-order valence-electron chi connectivity index (χ4n) is 9.44. The van der Waals surface area contributed by atoms with E-state index in [0.29, 0.717) is 33.2 Å². The second-order valence-electron chi connectivity index (χ2n) is 18.6. The molecule has 0 spiro atoms. The Bertz CT molecular complexity index is 5620. The topological polar surface area (TPSA) is 35.9 Å². The van der Waals surface area contributed by atoms with E-state index in [4.69, 9.17) is 41.2 Å². The summed E-state index contributed by atoms with van der Waals surface area (Å²) in [5.74, 6) is 0.606. The van der Waals surface area contributed by atoms with Gasteiger partial charge in [-0.2, -0.15) is 0 Å². The number of rotatable bonds is 10. The summed E-state index contributed by atoms with van der Waals surface area (Å²) in [5, 5.41) is 1.44. The van der Waals surface area contributed by atoms with E-state index in [1.54, 1.807) is 86.5 Å². The number of para-hydroxylation sites is 2. The van der Waals surface area contributed by atoms with Crippen molar-refractivity contribution < 1.29 is 44.9 Å². The monoisotopic (exact) mass is 1000 g/mol. The molecule has 3 aromatic heterocycles. The van der Waals surface area contributed by atoms with Crippen LogP contribution in [0.1, 0.15) is 67.5 Å². The fraction of sp³-hybridized carbons (Fsp3) is 0.0704. The molecule has 13 rings (SSSR count). The molecule has 0 fully saturated rings. The summed E-state index contributed by atoms with van der Waals surface area (Å²) in [6.07, 6.45) is 4.65. The van der Waals surface area contributed by atoms with Gasteiger partial charge in [0.2, 0.25) is 0 Å². The first-order chi connectivity index (χ1) is 48.0. The van der Waals surface area contributed by atoms with Crippen LogP contribution >= 0.6 is 0 Å². The molecule has 5 nitrogen and oxygen atoms in total. The zero-order chi connectivity index (χ0) is 73.8. The standard InChI is InChI=1S/C71H54N4O/c1-48-39-69(72-46-63(48)52-27-15-8-16-28-52)75-65-34-18-17-31-61(65)62-37-36-59(45-67(62)75)76-58-30-19-29-57(44-58)73-47-74(66-38-35-53(43-68(66)73)49-21-9-5-10-22-49)70-60(32-20-33-64(70)71(2,3)4)56-41-54(50-23-11-6-12-24-50)40-55(42-56)51-25-13-7-14-26-51/h5-46H,1-4H3/i1D3,5D,6D,7D,8D,9D,10D,11D,12D,13D,14D,15D,16D,21D,22D,23D,24D,25D,26D,27D,28D,40D,41D,42D. The van der Waals surface area contributed by atoms with Crippen molar-refractivity contribution in [1.29, 1.82) is 0 Å². The van der Waals surface area contributed by atoms with Crippen LogP contribution < -0.4 is 9.30 Å². The van der Waals surface area contributed by atoms with E-state index in [1.807, 2.05) is 45.0 Å². The van der Waals surface area contributed by atoms with E-state index in [9.17, 15) is 4.11 Å². The van der Waals surface area contributed by atoms with Gasteiger partial charge in [-0.1, -0.05) is 196 Å². The van der Waals surface area contributed by atoms with Crippen LogP contribution in [0.2, 0.25) is 0 Å². The molecule has 0 saturated heterocycles. The molecule has 0 aliphatic carbocycles. The number of ether oxygens (including phenoxy) is 1. The lowest BCUT2D eigenvalue weighted by atomic mass is 9.82. The van der Waals surface area contributed by atoms with Crippen LogP contribution in [0, 0.1) is 13.2 Å². The number of hydrogen-bond acceptors (Lipinski definition) is 2. The molecule has 0 atom stereocenters. The highest BCUT2D eigenvalue weighted by Crippen LogP contribution is 2.41. The molecule has 0 radical (unpaired) electrons. The maximum absolute atomic E-state index is 10.2. The van der Waals surface area contributed by atoms with Gasteiger partial charge in [-0.25, -0.2) is 4.98 Å². The number of nitrogens with zero attached hydrogens (tertiary/aromatic N) is 4. The Morgan fingerprint density at radius 1 is 0.513 bits per heavy atom. The second-order valence-corrected chi connectivity index (χ2v) is 18.6. The third kappa shape index (κ3) is 8.52. The Labute approximate surface area is 480 Å². The van der Waals surface area contributed by atoms with Gasteiger partial charge >= 0.3 is 0 Å². The zero-order valence-corrected chi connectivity index (χ0v) is 40.7. The van der Waals surface area contributed by atoms with Crippen LogP contribution in [0.5, 0.6) is 11.5 Å². The van der Waals surface area contributed by atoms with Crippen molar-refractivity contribution in [2.75, 3.05) is 0 Å². The minimum absolute atomic E-state index is 0.0226. The Morgan fingerprint density at radius 3 is 1.82 bits per heavy atom. The fourth-order valence-corrected chi connectivity index (χ4v) is 9.44. The maximum atomic E-state index is 10.2. The smallest absolute Gasteiger partial charge is 0.269 e. The molecule has 0 saturated carbocycles. The molecule has 10 aromatic carbocycles. The molecule has 0 aliphatic heterocycles. The lowest BCUT2D eigenvalue weighted by Crippen LogP contribution is -2.34. The molecule has 0 bridgehead atoms. The first-order valence-electron chi connectivity index (χ1n) is 36.9. The molecule has 76 heavy (non-hydrogen) atoms. The van der Waals surface area contributed by atoms with E-state index in [2.05, 4.69) is 6.33 Å². The summed E-state index contributed by atoms with van der Waals surface area (Å²) in [7, 11) is 0. The van der Waals surface area contributed by atoms with Gasteiger partial charge in [-0.15, -0.1) is 0 Å². The highest BCUT2D eigenvalue weighted by atomic mass is 16.5. The first kappa shape index (κ1) is 26.1.